The van der Waals surface area contributed by atoms with Crippen LogP contribution in [0.5, 0.6) is 5.75 Å². The SMILES string of the molecule is CCOc1ccccc1CN(C)c1cc(C2CC(N)C2)ncn1. The number of hydrogen-bond acceptors (Lipinski definition) is 5. The zero-order valence-electron chi connectivity index (χ0n) is 13.8. The maximum absolute atomic E-state index is 5.88. The number of nitrogens with zero attached hydrogens (tertiary/aromatic N) is 3. The van der Waals surface area contributed by atoms with Crippen LogP contribution in [-0.4, -0.2) is 29.7 Å². The molecule has 1 fully saturated rings. The van der Waals surface area contributed by atoms with Crippen molar-refractivity contribution >= 4 is 5.82 Å². The summed E-state index contributed by atoms with van der Waals surface area (Å²) < 4.78 is 5.70. The topological polar surface area (TPSA) is 64.3 Å². The van der Waals surface area contributed by atoms with E-state index in [0.29, 0.717) is 18.6 Å². The Morgan fingerprint density at radius 1 is 1.26 bits per heavy atom. The molecule has 2 N–H and O–H groups in total. The van der Waals surface area contributed by atoms with Gasteiger partial charge in [-0.1, -0.05) is 18.2 Å². The third-order valence-corrected chi connectivity index (χ3v) is 4.34. The van der Waals surface area contributed by atoms with E-state index in [4.69, 9.17) is 10.5 Å². The van der Waals surface area contributed by atoms with Crippen LogP contribution in [-0.2, 0) is 6.54 Å². The Balaban J connectivity index is 1.73. The van der Waals surface area contributed by atoms with Crippen LogP contribution in [0.15, 0.2) is 36.7 Å². The molecule has 1 aromatic carbocycles. The van der Waals surface area contributed by atoms with Crippen molar-refractivity contribution in [1.82, 2.24) is 9.97 Å². The van der Waals surface area contributed by atoms with Crippen molar-refractivity contribution in [3.05, 3.63) is 47.9 Å². The summed E-state index contributed by atoms with van der Waals surface area (Å²) in [5.41, 5.74) is 8.14. The first-order valence-corrected chi connectivity index (χ1v) is 8.16. The number of aromatic nitrogens is 2. The van der Waals surface area contributed by atoms with Gasteiger partial charge in [0.25, 0.3) is 0 Å². The fourth-order valence-electron chi connectivity index (χ4n) is 2.96. The van der Waals surface area contributed by atoms with E-state index in [-0.39, 0.29) is 0 Å². The molecule has 23 heavy (non-hydrogen) atoms. The van der Waals surface area contributed by atoms with Gasteiger partial charge in [-0.25, -0.2) is 9.97 Å². The second-order valence-corrected chi connectivity index (χ2v) is 6.13. The van der Waals surface area contributed by atoms with Gasteiger partial charge in [-0.3, -0.25) is 0 Å². The largest absolute Gasteiger partial charge is 0.494 e. The van der Waals surface area contributed by atoms with Crippen molar-refractivity contribution in [2.75, 3.05) is 18.6 Å². The molecule has 5 heteroatoms. The summed E-state index contributed by atoms with van der Waals surface area (Å²) in [6.45, 7) is 3.41. The minimum atomic E-state index is 0.328. The molecule has 0 unspecified atom stereocenters. The lowest BCUT2D eigenvalue weighted by Gasteiger charge is -2.32. The highest BCUT2D eigenvalue weighted by Gasteiger charge is 2.28. The molecule has 0 amide bonds. The first kappa shape index (κ1) is 15.7. The predicted octanol–water partition coefficient (Wildman–Crippen LogP) is 2.72. The van der Waals surface area contributed by atoms with Crippen molar-refractivity contribution in [2.24, 2.45) is 5.73 Å². The summed E-state index contributed by atoms with van der Waals surface area (Å²) in [5.74, 6) is 2.35. The second kappa shape index (κ2) is 6.96. The van der Waals surface area contributed by atoms with E-state index in [1.807, 2.05) is 32.2 Å². The van der Waals surface area contributed by atoms with Gasteiger partial charge in [0.2, 0.25) is 0 Å². The lowest BCUT2D eigenvalue weighted by Crippen LogP contribution is -2.35. The number of ether oxygens (including phenoxy) is 1. The van der Waals surface area contributed by atoms with Gasteiger partial charge in [-0.15, -0.1) is 0 Å². The maximum Gasteiger partial charge on any atom is 0.132 e. The summed E-state index contributed by atoms with van der Waals surface area (Å²) in [6.07, 6.45) is 3.69. The number of anilines is 1. The van der Waals surface area contributed by atoms with Gasteiger partial charge in [0.05, 0.1) is 6.61 Å². The Morgan fingerprint density at radius 3 is 2.78 bits per heavy atom. The van der Waals surface area contributed by atoms with Gasteiger partial charge in [0.1, 0.15) is 17.9 Å². The molecule has 1 heterocycles. The molecule has 1 aliphatic carbocycles. The Morgan fingerprint density at radius 2 is 2.04 bits per heavy atom. The summed E-state index contributed by atoms with van der Waals surface area (Å²) >= 11 is 0. The number of hydrogen-bond donors (Lipinski definition) is 1. The Labute approximate surface area is 137 Å². The molecule has 0 radical (unpaired) electrons. The van der Waals surface area contributed by atoms with Crippen LogP contribution in [0.4, 0.5) is 5.82 Å². The average Bonchev–Trinajstić information content (AvgIpc) is 2.54. The lowest BCUT2D eigenvalue weighted by molar-refractivity contribution is 0.336. The molecule has 1 aromatic heterocycles. The number of rotatable bonds is 6. The molecule has 2 aromatic rings. The fourth-order valence-corrected chi connectivity index (χ4v) is 2.96. The quantitative estimate of drug-likeness (QED) is 0.888. The van der Waals surface area contributed by atoms with Gasteiger partial charge in [0, 0.05) is 42.9 Å². The maximum atomic E-state index is 5.88. The molecular weight excluding hydrogens is 288 g/mol. The van der Waals surface area contributed by atoms with E-state index in [1.54, 1.807) is 6.33 Å². The van der Waals surface area contributed by atoms with Crippen molar-refractivity contribution in [1.29, 1.82) is 0 Å². The highest BCUT2D eigenvalue weighted by atomic mass is 16.5. The highest BCUT2D eigenvalue weighted by Crippen LogP contribution is 2.35. The molecule has 0 bridgehead atoms. The van der Waals surface area contributed by atoms with Crippen LogP contribution < -0.4 is 15.4 Å². The lowest BCUT2D eigenvalue weighted by atomic mass is 9.78. The first-order valence-electron chi connectivity index (χ1n) is 8.16. The van der Waals surface area contributed by atoms with Crippen LogP contribution in [0.3, 0.4) is 0 Å². The number of benzene rings is 1. The first-order chi connectivity index (χ1) is 11.2. The molecular formula is C18H24N4O. The van der Waals surface area contributed by atoms with Crippen molar-refractivity contribution in [3.8, 4) is 5.75 Å². The molecule has 3 rings (SSSR count). The van der Waals surface area contributed by atoms with Crippen molar-refractivity contribution in [3.63, 3.8) is 0 Å². The standard InChI is InChI=1S/C18H24N4O/c1-3-23-17-7-5-4-6-13(17)11-22(2)18-10-16(20-12-21-18)14-8-15(19)9-14/h4-7,10,12,14-15H,3,8-9,11,19H2,1-2H3. The molecule has 5 nitrogen and oxygen atoms in total. The van der Waals surface area contributed by atoms with Crippen LogP contribution in [0, 0.1) is 0 Å². The Kier molecular flexibility index (Phi) is 4.76. The second-order valence-electron chi connectivity index (χ2n) is 6.13. The molecule has 1 aliphatic rings. The van der Waals surface area contributed by atoms with Crippen molar-refractivity contribution < 1.29 is 4.74 Å². The van der Waals surface area contributed by atoms with Gasteiger partial charge in [-0.05, 0) is 25.8 Å². The van der Waals surface area contributed by atoms with E-state index < -0.39 is 0 Å². The smallest absolute Gasteiger partial charge is 0.132 e. The number of nitrogens with two attached hydrogens (primary N) is 1. The Hall–Kier alpha value is -2.14. The minimum Gasteiger partial charge on any atom is -0.494 e. The fraction of sp³-hybridized carbons (Fsp3) is 0.444. The summed E-state index contributed by atoms with van der Waals surface area (Å²) in [6, 6.07) is 10.5. The van der Waals surface area contributed by atoms with E-state index in [9.17, 15) is 0 Å². The van der Waals surface area contributed by atoms with Crippen LogP contribution >= 0.6 is 0 Å². The predicted molar refractivity (Wildman–Crippen MR) is 91.7 cm³/mol. The highest BCUT2D eigenvalue weighted by molar-refractivity contribution is 5.43. The Bertz CT molecular complexity index is 655. The minimum absolute atomic E-state index is 0.328. The zero-order chi connectivity index (χ0) is 16.2. The van der Waals surface area contributed by atoms with E-state index in [1.165, 1.54) is 0 Å². The van der Waals surface area contributed by atoms with Gasteiger partial charge < -0.3 is 15.4 Å². The monoisotopic (exact) mass is 312 g/mol. The summed E-state index contributed by atoms with van der Waals surface area (Å²) in [7, 11) is 2.04. The third-order valence-electron chi connectivity index (χ3n) is 4.34. The van der Waals surface area contributed by atoms with Gasteiger partial charge in [0.15, 0.2) is 0 Å². The molecule has 122 valence electrons. The molecule has 1 saturated carbocycles. The van der Waals surface area contributed by atoms with Crippen LogP contribution in [0.1, 0.15) is 36.9 Å². The van der Waals surface area contributed by atoms with E-state index >= 15 is 0 Å². The number of para-hydroxylation sites is 1. The molecule has 0 aliphatic heterocycles. The van der Waals surface area contributed by atoms with Gasteiger partial charge >= 0.3 is 0 Å². The third kappa shape index (κ3) is 3.62. The normalized spacial score (nSPS) is 20.0. The molecule has 0 atom stereocenters. The molecule has 0 saturated heterocycles. The van der Waals surface area contributed by atoms with Crippen LogP contribution in [0.2, 0.25) is 0 Å². The van der Waals surface area contributed by atoms with Crippen LogP contribution in [0.25, 0.3) is 0 Å². The summed E-state index contributed by atoms with van der Waals surface area (Å²) in [5, 5.41) is 0. The van der Waals surface area contributed by atoms with E-state index in [0.717, 1.165) is 42.2 Å². The van der Waals surface area contributed by atoms with E-state index in [2.05, 4.69) is 27.0 Å². The zero-order valence-corrected chi connectivity index (χ0v) is 13.8. The van der Waals surface area contributed by atoms with Gasteiger partial charge in [-0.2, -0.15) is 0 Å². The molecule has 0 spiro atoms. The van der Waals surface area contributed by atoms with Crippen molar-refractivity contribution in [2.45, 2.75) is 38.3 Å². The average molecular weight is 312 g/mol. The summed E-state index contributed by atoms with van der Waals surface area (Å²) in [4.78, 5) is 11.0.